The van der Waals surface area contributed by atoms with Crippen molar-refractivity contribution in [3.63, 3.8) is 0 Å². The summed E-state index contributed by atoms with van der Waals surface area (Å²) in [6, 6.07) is 8.02. The molecule has 0 spiro atoms. The van der Waals surface area contributed by atoms with Crippen molar-refractivity contribution in [1.29, 1.82) is 0 Å². The van der Waals surface area contributed by atoms with Crippen LogP contribution in [0.4, 0.5) is 23.2 Å². The van der Waals surface area contributed by atoms with E-state index in [9.17, 15) is 22.4 Å². The summed E-state index contributed by atoms with van der Waals surface area (Å²) in [6.45, 7) is -1.24. The van der Waals surface area contributed by atoms with Gasteiger partial charge in [0.2, 0.25) is 6.86 Å². The number of hydrogen-bond donors (Lipinski definition) is 2. The Bertz CT molecular complexity index is 1010. The molecule has 0 aliphatic heterocycles. The summed E-state index contributed by atoms with van der Waals surface area (Å²) < 4.78 is 57.2. The molecule has 0 radical (unpaired) electrons. The van der Waals surface area contributed by atoms with Gasteiger partial charge in [-0.3, -0.25) is 9.78 Å². The second kappa shape index (κ2) is 7.67. The molecule has 2 aromatic heterocycles. The Labute approximate surface area is 156 Å². The summed E-state index contributed by atoms with van der Waals surface area (Å²) in [6.07, 6.45) is -3.27. The van der Waals surface area contributed by atoms with Crippen molar-refractivity contribution in [3.8, 4) is 5.75 Å². The van der Waals surface area contributed by atoms with Crippen LogP contribution in [0.5, 0.6) is 5.75 Å². The van der Waals surface area contributed by atoms with Crippen molar-refractivity contribution in [3.05, 3.63) is 59.5 Å². The normalized spacial score (nSPS) is 11.4. The van der Waals surface area contributed by atoms with Gasteiger partial charge in [-0.25, -0.2) is 9.37 Å². The minimum absolute atomic E-state index is 0.0642. The molecule has 146 valence electrons. The third-order valence-corrected chi connectivity index (χ3v) is 3.83. The second-order valence-electron chi connectivity index (χ2n) is 5.72. The number of pyridine rings is 2. The molecule has 0 atom stereocenters. The van der Waals surface area contributed by atoms with Crippen molar-refractivity contribution < 1.29 is 27.1 Å². The van der Waals surface area contributed by atoms with Crippen molar-refractivity contribution >= 4 is 22.5 Å². The smallest absolute Gasteiger partial charge is 0.418 e. The molecule has 1 aromatic carbocycles. The van der Waals surface area contributed by atoms with E-state index >= 15 is 0 Å². The maximum absolute atomic E-state index is 13.4. The number of nitrogens with two attached hydrogens (primary N) is 1. The van der Waals surface area contributed by atoms with Crippen LogP contribution in [0.1, 0.15) is 21.7 Å². The topological polar surface area (TPSA) is 90.1 Å². The first kappa shape index (κ1) is 19.3. The zero-order valence-electron chi connectivity index (χ0n) is 14.3. The third-order valence-electron chi connectivity index (χ3n) is 3.83. The van der Waals surface area contributed by atoms with E-state index in [2.05, 4.69) is 20.0 Å². The lowest BCUT2D eigenvalue weighted by Gasteiger charge is -2.14. The van der Waals surface area contributed by atoms with Crippen LogP contribution in [-0.2, 0) is 12.7 Å². The van der Waals surface area contributed by atoms with E-state index in [0.29, 0.717) is 11.8 Å². The number of alkyl halides is 4. The Morgan fingerprint density at radius 3 is 2.64 bits per heavy atom. The van der Waals surface area contributed by atoms with Gasteiger partial charge in [0.15, 0.2) is 0 Å². The highest BCUT2D eigenvalue weighted by atomic mass is 19.4. The van der Waals surface area contributed by atoms with Gasteiger partial charge in [-0.05, 0) is 30.3 Å². The minimum atomic E-state index is -4.81. The molecule has 0 bridgehead atoms. The van der Waals surface area contributed by atoms with Crippen LogP contribution in [0.15, 0.2) is 42.6 Å². The summed E-state index contributed by atoms with van der Waals surface area (Å²) in [5.74, 6) is -1.06. The zero-order valence-corrected chi connectivity index (χ0v) is 14.3. The van der Waals surface area contributed by atoms with Crippen LogP contribution in [0, 0.1) is 0 Å². The summed E-state index contributed by atoms with van der Waals surface area (Å²) in [7, 11) is 0. The minimum Gasteiger partial charge on any atom is -0.463 e. The quantitative estimate of drug-likeness (QED) is 0.647. The predicted molar refractivity (Wildman–Crippen MR) is 93.2 cm³/mol. The average Bonchev–Trinajstić information content (AvgIpc) is 2.66. The molecule has 3 aromatic rings. The van der Waals surface area contributed by atoms with E-state index < -0.39 is 30.0 Å². The first-order valence-electron chi connectivity index (χ1n) is 7.98. The zero-order chi connectivity index (χ0) is 20.3. The Morgan fingerprint density at radius 1 is 1.21 bits per heavy atom. The number of carbonyl (C=O) groups is 1. The van der Waals surface area contributed by atoms with Crippen LogP contribution in [0.3, 0.4) is 0 Å². The summed E-state index contributed by atoms with van der Waals surface area (Å²) in [5, 5.41) is 2.42. The van der Waals surface area contributed by atoms with Crippen LogP contribution in [-0.4, -0.2) is 22.7 Å². The summed E-state index contributed by atoms with van der Waals surface area (Å²) >= 11 is 0. The lowest BCUT2D eigenvalue weighted by molar-refractivity contribution is -0.136. The molecule has 10 heteroatoms. The number of ether oxygens (including phenoxy) is 1. The maximum atomic E-state index is 13.4. The lowest BCUT2D eigenvalue weighted by Crippen LogP contribution is -2.24. The number of anilines is 1. The Balaban J connectivity index is 2.01. The number of nitrogen functional groups attached to an aromatic ring is 1. The molecular formula is C18H14F4N4O2. The Kier molecular flexibility index (Phi) is 5.30. The third kappa shape index (κ3) is 4.11. The highest BCUT2D eigenvalue weighted by Crippen LogP contribution is 2.38. The molecule has 0 fully saturated rings. The average molecular weight is 394 g/mol. The van der Waals surface area contributed by atoms with Crippen molar-refractivity contribution in [2.45, 2.75) is 12.7 Å². The van der Waals surface area contributed by atoms with Gasteiger partial charge in [-0.1, -0.05) is 6.07 Å². The van der Waals surface area contributed by atoms with Crippen LogP contribution in [0.25, 0.3) is 10.9 Å². The molecule has 1 amide bonds. The van der Waals surface area contributed by atoms with Gasteiger partial charge >= 0.3 is 6.18 Å². The number of carbonyl (C=O) groups excluding carboxylic acids is 1. The molecule has 3 rings (SSSR count). The number of amides is 1. The number of benzene rings is 1. The largest absolute Gasteiger partial charge is 0.463 e. The number of rotatable bonds is 5. The van der Waals surface area contributed by atoms with Gasteiger partial charge in [0.1, 0.15) is 11.4 Å². The molecule has 0 unspecified atom stereocenters. The number of nitrogens with one attached hydrogen (secondary N) is 1. The van der Waals surface area contributed by atoms with E-state index in [1.807, 2.05) is 0 Å². The highest BCUT2D eigenvalue weighted by Gasteiger charge is 2.35. The van der Waals surface area contributed by atoms with Gasteiger partial charge in [0, 0.05) is 17.3 Å². The summed E-state index contributed by atoms with van der Waals surface area (Å²) in [5.41, 5.74) is 4.28. The Morgan fingerprint density at radius 2 is 2.00 bits per heavy atom. The number of halogens is 4. The molecule has 28 heavy (non-hydrogen) atoms. The SMILES string of the molecule is Nc1cc(C(=O)NCc2ccccn2)nc2c(C(F)(F)F)cc(OCF)cc12. The van der Waals surface area contributed by atoms with Crippen molar-refractivity contribution in [1.82, 2.24) is 15.3 Å². The molecule has 0 saturated carbocycles. The molecule has 2 heterocycles. The number of aromatic nitrogens is 2. The number of fused-ring (bicyclic) bond motifs is 1. The van der Waals surface area contributed by atoms with E-state index in [1.54, 1.807) is 24.4 Å². The van der Waals surface area contributed by atoms with Gasteiger partial charge in [0.05, 0.1) is 23.3 Å². The van der Waals surface area contributed by atoms with Crippen LogP contribution >= 0.6 is 0 Å². The maximum Gasteiger partial charge on any atom is 0.418 e. The fourth-order valence-electron chi connectivity index (χ4n) is 2.57. The number of nitrogens with zero attached hydrogens (tertiary/aromatic N) is 2. The van der Waals surface area contributed by atoms with Gasteiger partial charge in [0.25, 0.3) is 5.91 Å². The molecule has 0 aliphatic carbocycles. The summed E-state index contributed by atoms with van der Waals surface area (Å²) in [4.78, 5) is 20.2. The second-order valence-corrected chi connectivity index (χ2v) is 5.72. The van der Waals surface area contributed by atoms with E-state index in [0.717, 1.165) is 12.1 Å². The lowest BCUT2D eigenvalue weighted by atomic mass is 10.1. The Hall–Kier alpha value is -3.43. The molecule has 0 saturated heterocycles. The first-order chi connectivity index (χ1) is 13.3. The predicted octanol–water partition coefficient (Wildman–Crippen LogP) is 3.47. The molecule has 0 aliphatic rings. The van der Waals surface area contributed by atoms with Crippen molar-refractivity contribution in [2.24, 2.45) is 0 Å². The standard InChI is InChI=1S/C18H14F4N4O2/c19-9-28-11-5-12-14(23)7-15(26-16(12)13(6-11)18(20,21)22)17(27)25-8-10-3-1-2-4-24-10/h1-7H,8-9H2,(H2,23,26)(H,25,27). The fraction of sp³-hybridized carbons (Fsp3) is 0.167. The van der Waals surface area contributed by atoms with Crippen LogP contribution in [0.2, 0.25) is 0 Å². The first-order valence-corrected chi connectivity index (χ1v) is 7.98. The van der Waals surface area contributed by atoms with E-state index in [4.69, 9.17) is 5.73 Å². The van der Waals surface area contributed by atoms with Crippen molar-refractivity contribution in [2.75, 3.05) is 12.6 Å². The highest BCUT2D eigenvalue weighted by molar-refractivity contribution is 6.00. The fourth-order valence-corrected chi connectivity index (χ4v) is 2.57. The molecule has 6 nitrogen and oxygen atoms in total. The van der Waals surface area contributed by atoms with Gasteiger partial charge in [-0.2, -0.15) is 13.2 Å². The monoisotopic (exact) mass is 394 g/mol. The van der Waals surface area contributed by atoms with E-state index in [-0.39, 0.29) is 29.1 Å². The number of hydrogen-bond acceptors (Lipinski definition) is 5. The molecule has 3 N–H and O–H groups in total. The molecular weight excluding hydrogens is 380 g/mol. The van der Waals surface area contributed by atoms with Gasteiger partial charge in [-0.15, -0.1) is 0 Å². The van der Waals surface area contributed by atoms with Crippen LogP contribution < -0.4 is 15.8 Å². The van der Waals surface area contributed by atoms with E-state index in [1.165, 1.54) is 0 Å². The van der Waals surface area contributed by atoms with Gasteiger partial charge < -0.3 is 15.8 Å².